The molecule has 0 fully saturated rings. The number of nitrogens with zero attached hydrogens (tertiary/aromatic N) is 2. The summed E-state index contributed by atoms with van der Waals surface area (Å²) in [5.41, 5.74) is 2.60. The van der Waals surface area contributed by atoms with Gasteiger partial charge in [0.2, 0.25) is 0 Å². The molecule has 0 spiro atoms. The zero-order valence-corrected chi connectivity index (χ0v) is 9.27. The summed E-state index contributed by atoms with van der Waals surface area (Å²) in [7, 11) is 0. The van der Waals surface area contributed by atoms with Crippen LogP contribution in [0, 0.1) is 11.3 Å². The molecular weight excluding hydrogens is 200 g/mol. The molecule has 1 N–H and O–H groups in total. The Labute approximate surface area is 94.5 Å². The summed E-state index contributed by atoms with van der Waals surface area (Å²) in [4.78, 5) is 0. The first-order valence-electron chi connectivity index (χ1n) is 5.43. The van der Waals surface area contributed by atoms with E-state index in [0.29, 0.717) is 5.56 Å². The van der Waals surface area contributed by atoms with Crippen molar-refractivity contribution in [1.29, 1.82) is 5.26 Å². The molecule has 0 atom stereocenters. The molecule has 16 heavy (non-hydrogen) atoms. The number of aromatic nitrogens is 1. The van der Waals surface area contributed by atoms with Crippen molar-refractivity contribution in [3.05, 3.63) is 35.5 Å². The van der Waals surface area contributed by atoms with E-state index < -0.39 is 0 Å². The van der Waals surface area contributed by atoms with Gasteiger partial charge in [-0.2, -0.15) is 5.26 Å². The number of benzene rings is 1. The van der Waals surface area contributed by atoms with Crippen LogP contribution in [0.5, 0.6) is 0 Å². The van der Waals surface area contributed by atoms with Gasteiger partial charge in [0.25, 0.3) is 0 Å². The van der Waals surface area contributed by atoms with Crippen LogP contribution in [0.2, 0.25) is 0 Å². The molecule has 82 valence electrons. The fraction of sp³-hybridized carbons (Fsp3) is 0.308. The predicted molar refractivity (Wildman–Crippen MR) is 62.9 cm³/mol. The molecule has 0 saturated heterocycles. The molecule has 0 unspecified atom stereocenters. The number of aliphatic hydroxyl groups excluding tert-OH is 1. The van der Waals surface area contributed by atoms with Crippen LogP contribution in [0.3, 0.4) is 0 Å². The zero-order valence-electron chi connectivity index (χ0n) is 9.27. The van der Waals surface area contributed by atoms with Gasteiger partial charge in [0, 0.05) is 23.1 Å². The number of nitriles is 1. The molecular formula is C13H14N2O. The molecule has 3 heteroatoms. The first kappa shape index (κ1) is 10.7. The van der Waals surface area contributed by atoms with Crippen LogP contribution in [-0.2, 0) is 13.2 Å². The van der Waals surface area contributed by atoms with E-state index in [4.69, 9.17) is 5.26 Å². The van der Waals surface area contributed by atoms with Crippen molar-refractivity contribution in [3.63, 3.8) is 0 Å². The lowest BCUT2D eigenvalue weighted by Crippen LogP contribution is -2.01. The topological polar surface area (TPSA) is 49.0 Å². The van der Waals surface area contributed by atoms with Gasteiger partial charge in [0.15, 0.2) is 0 Å². The highest BCUT2D eigenvalue weighted by Gasteiger charge is 2.07. The third kappa shape index (κ3) is 1.68. The number of fused-ring (bicyclic) bond motifs is 1. The van der Waals surface area contributed by atoms with Crippen molar-refractivity contribution in [2.75, 3.05) is 0 Å². The minimum Gasteiger partial charge on any atom is -0.390 e. The van der Waals surface area contributed by atoms with Gasteiger partial charge in [-0.15, -0.1) is 0 Å². The van der Waals surface area contributed by atoms with Crippen LogP contribution < -0.4 is 0 Å². The van der Waals surface area contributed by atoms with Crippen LogP contribution in [0.15, 0.2) is 24.3 Å². The van der Waals surface area contributed by atoms with E-state index in [1.54, 1.807) is 6.07 Å². The molecule has 2 rings (SSSR count). The SMILES string of the molecule is CCCn1c(CO)cc2ccc(C#N)cc21. The quantitative estimate of drug-likeness (QED) is 0.853. The van der Waals surface area contributed by atoms with Crippen molar-refractivity contribution >= 4 is 10.9 Å². The first-order chi connectivity index (χ1) is 7.80. The van der Waals surface area contributed by atoms with E-state index in [0.717, 1.165) is 29.6 Å². The second kappa shape index (κ2) is 4.38. The third-order valence-electron chi connectivity index (χ3n) is 2.73. The van der Waals surface area contributed by atoms with Gasteiger partial charge in [-0.1, -0.05) is 13.0 Å². The maximum absolute atomic E-state index is 9.29. The van der Waals surface area contributed by atoms with E-state index in [1.807, 2.05) is 18.2 Å². The molecule has 1 heterocycles. The van der Waals surface area contributed by atoms with Gasteiger partial charge >= 0.3 is 0 Å². The summed E-state index contributed by atoms with van der Waals surface area (Å²) >= 11 is 0. The Morgan fingerprint density at radius 2 is 2.19 bits per heavy atom. The Hall–Kier alpha value is -1.79. The van der Waals surface area contributed by atoms with E-state index in [-0.39, 0.29) is 6.61 Å². The first-order valence-corrected chi connectivity index (χ1v) is 5.43. The summed E-state index contributed by atoms with van der Waals surface area (Å²) in [5, 5.41) is 19.2. The van der Waals surface area contributed by atoms with Crippen LogP contribution in [0.25, 0.3) is 10.9 Å². The number of aryl methyl sites for hydroxylation is 1. The normalized spacial score (nSPS) is 10.6. The maximum Gasteiger partial charge on any atom is 0.0992 e. The number of rotatable bonds is 3. The fourth-order valence-corrected chi connectivity index (χ4v) is 2.00. The number of aliphatic hydroxyl groups is 1. The average Bonchev–Trinajstić information content (AvgIpc) is 2.67. The Bertz CT molecular complexity index is 549. The van der Waals surface area contributed by atoms with Crippen molar-refractivity contribution < 1.29 is 5.11 Å². The minimum atomic E-state index is 0.0383. The summed E-state index contributed by atoms with van der Waals surface area (Å²) in [5.74, 6) is 0. The Morgan fingerprint density at radius 1 is 1.38 bits per heavy atom. The zero-order chi connectivity index (χ0) is 11.5. The van der Waals surface area contributed by atoms with Crippen LogP contribution in [0.4, 0.5) is 0 Å². The Morgan fingerprint density at radius 3 is 2.81 bits per heavy atom. The lowest BCUT2D eigenvalue weighted by molar-refractivity contribution is 0.271. The van der Waals surface area contributed by atoms with Crippen LogP contribution in [0.1, 0.15) is 24.6 Å². The molecule has 0 radical (unpaired) electrons. The van der Waals surface area contributed by atoms with Crippen molar-refractivity contribution in [2.45, 2.75) is 26.5 Å². The summed E-state index contributed by atoms with van der Waals surface area (Å²) in [6.07, 6.45) is 1.01. The molecule has 0 amide bonds. The summed E-state index contributed by atoms with van der Waals surface area (Å²) in [6.45, 7) is 3.01. The molecule has 0 aliphatic carbocycles. The number of hydrogen-bond donors (Lipinski definition) is 1. The monoisotopic (exact) mass is 214 g/mol. The molecule has 1 aromatic heterocycles. The lowest BCUT2D eigenvalue weighted by atomic mass is 10.2. The second-order valence-corrected chi connectivity index (χ2v) is 3.83. The Kier molecular flexibility index (Phi) is 2.93. The van der Waals surface area contributed by atoms with Crippen molar-refractivity contribution in [3.8, 4) is 6.07 Å². The molecule has 2 aromatic rings. The molecule has 0 aliphatic heterocycles. The van der Waals surface area contributed by atoms with Crippen LogP contribution in [-0.4, -0.2) is 9.67 Å². The predicted octanol–water partition coefficient (Wildman–Crippen LogP) is 2.42. The number of hydrogen-bond acceptors (Lipinski definition) is 2. The highest BCUT2D eigenvalue weighted by Crippen LogP contribution is 2.21. The van der Waals surface area contributed by atoms with E-state index in [1.165, 1.54) is 0 Å². The summed E-state index contributed by atoms with van der Waals surface area (Å²) in [6, 6.07) is 9.73. The van der Waals surface area contributed by atoms with Gasteiger partial charge in [0.05, 0.1) is 18.2 Å². The molecule has 0 aliphatic rings. The largest absolute Gasteiger partial charge is 0.390 e. The fourth-order valence-electron chi connectivity index (χ4n) is 2.00. The molecule has 0 bridgehead atoms. The second-order valence-electron chi connectivity index (χ2n) is 3.83. The highest BCUT2D eigenvalue weighted by atomic mass is 16.3. The van der Waals surface area contributed by atoms with Crippen molar-refractivity contribution in [1.82, 2.24) is 4.57 Å². The molecule has 3 nitrogen and oxygen atoms in total. The maximum atomic E-state index is 9.29. The Balaban J connectivity index is 2.66. The third-order valence-corrected chi connectivity index (χ3v) is 2.73. The standard InChI is InChI=1S/C13H14N2O/c1-2-5-15-12(9-16)7-11-4-3-10(8-14)6-13(11)15/h3-4,6-7,16H,2,5,9H2,1H3. The minimum absolute atomic E-state index is 0.0383. The van der Waals surface area contributed by atoms with Gasteiger partial charge < -0.3 is 9.67 Å². The van der Waals surface area contributed by atoms with Crippen LogP contribution >= 0.6 is 0 Å². The van der Waals surface area contributed by atoms with Crippen molar-refractivity contribution in [2.24, 2.45) is 0 Å². The lowest BCUT2D eigenvalue weighted by Gasteiger charge is -2.07. The van der Waals surface area contributed by atoms with E-state index >= 15 is 0 Å². The van der Waals surface area contributed by atoms with Gasteiger partial charge in [0.1, 0.15) is 0 Å². The van der Waals surface area contributed by atoms with Gasteiger partial charge in [-0.05, 0) is 24.6 Å². The van der Waals surface area contributed by atoms with Gasteiger partial charge in [-0.3, -0.25) is 0 Å². The summed E-state index contributed by atoms with van der Waals surface area (Å²) < 4.78 is 2.08. The van der Waals surface area contributed by atoms with E-state index in [9.17, 15) is 5.11 Å². The average molecular weight is 214 g/mol. The molecule has 0 saturated carbocycles. The van der Waals surface area contributed by atoms with E-state index in [2.05, 4.69) is 17.6 Å². The smallest absolute Gasteiger partial charge is 0.0992 e. The van der Waals surface area contributed by atoms with Gasteiger partial charge in [-0.25, -0.2) is 0 Å². The highest BCUT2D eigenvalue weighted by molar-refractivity contribution is 5.82. The molecule has 1 aromatic carbocycles.